The Hall–Kier alpha value is -2.22. The van der Waals surface area contributed by atoms with E-state index in [-0.39, 0.29) is 24.7 Å². The fraction of sp³-hybridized carbons (Fsp3) is 0.200. The van der Waals surface area contributed by atoms with Crippen LogP contribution < -0.4 is 4.90 Å². The quantitative estimate of drug-likeness (QED) is 0.611. The third kappa shape index (κ3) is 1.70. The number of ketones is 1. The number of rotatable bonds is 1. The first-order chi connectivity index (χ1) is 7.20. The summed E-state index contributed by atoms with van der Waals surface area (Å²) >= 11 is 0. The van der Waals surface area contributed by atoms with Crippen LogP contribution in [-0.4, -0.2) is 23.2 Å². The number of Topliss-reactive ketones (excluding diaryl/α,β-unsaturated/α-hetero) is 1. The Balaban J connectivity index is 2.27. The maximum absolute atomic E-state index is 11.3. The van der Waals surface area contributed by atoms with Gasteiger partial charge in [0.2, 0.25) is 5.91 Å². The average molecular weight is 201 g/mol. The lowest BCUT2D eigenvalue weighted by atomic mass is 10.3. The van der Waals surface area contributed by atoms with E-state index in [4.69, 9.17) is 5.26 Å². The topological polar surface area (TPSA) is 74.1 Å². The number of carbonyl (C=O) groups is 2. The van der Waals surface area contributed by atoms with Crippen LogP contribution in [0.2, 0.25) is 0 Å². The summed E-state index contributed by atoms with van der Waals surface area (Å²) in [5, 5.41) is 8.56. The van der Waals surface area contributed by atoms with E-state index in [2.05, 4.69) is 4.98 Å². The van der Waals surface area contributed by atoms with E-state index >= 15 is 0 Å². The molecule has 0 atom stereocenters. The largest absolute Gasteiger partial charge is 0.297 e. The SMILES string of the molecule is N#Cc1ccc(N2CC(=O)CC2=O)nc1. The van der Waals surface area contributed by atoms with Crippen molar-refractivity contribution in [2.75, 3.05) is 11.4 Å². The summed E-state index contributed by atoms with van der Waals surface area (Å²) in [4.78, 5) is 27.6. The van der Waals surface area contributed by atoms with Crippen LogP contribution in [0.1, 0.15) is 12.0 Å². The molecule has 1 aliphatic heterocycles. The molecule has 0 aromatic carbocycles. The molecule has 1 aliphatic rings. The molecule has 15 heavy (non-hydrogen) atoms. The summed E-state index contributed by atoms with van der Waals surface area (Å²) < 4.78 is 0. The molecule has 0 N–H and O–H groups in total. The Bertz CT molecular complexity index is 459. The van der Waals surface area contributed by atoms with E-state index in [1.54, 1.807) is 12.1 Å². The Labute approximate surface area is 85.9 Å². The van der Waals surface area contributed by atoms with E-state index in [9.17, 15) is 9.59 Å². The second kappa shape index (κ2) is 3.50. The van der Waals surface area contributed by atoms with Crippen LogP contribution in [-0.2, 0) is 9.59 Å². The van der Waals surface area contributed by atoms with Gasteiger partial charge in [-0.25, -0.2) is 4.98 Å². The van der Waals surface area contributed by atoms with Gasteiger partial charge in [0.25, 0.3) is 0 Å². The molecule has 2 rings (SSSR count). The number of amides is 1. The lowest BCUT2D eigenvalue weighted by Gasteiger charge is -2.12. The first-order valence-corrected chi connectivity index (χ1v) is 4.39. The molecule has 0 unspecified atom stereocenters. The van der Waals surface area contributed by atoms with Crippen LogP contribution >= 0.6 is 0 Å². The van der Waals surface area contributed by atoms with Crippen LogP contribution in [0, 0.1) is 11.3 Å². The van der Waals surface area contributed by atoms with Gasteiger partial charge in [0.15, 0.2) is 5.78 Å². The van der Waals surface area contributed by atoms with Crippen molar-refractivity contribution in [3.8, 4) is 6.07 Å². The van der Waals surface area contributed by atoms with Crippen molar-refractivity contribution < 1.29 is 9.59 Å². The molecule has 0 spiro atoms. The highest BCUT2D eigenvalue weighted by Crippen LogP contribution is 2.16. The molecule has 0 saturated carbocycles. The minimum atomic E-state index is -0.239. The van der Waals surface area contributed by atoms with Gasteiger partial charge in [-0.2, -0.15) is 5.26 Å². The molecular weight excluding hydrogens is 194 g/mol. The lowest BCUT2D eigenvalue weighted by molar-refractivity contribution is -0.121. The fourth-order valence-electron chi connectivity index (χ4n) is 1.41. The molecule has 0 radical (unpaired) electrons. The monoisotopic (exact) mass is 201 g/mol. The zero-order valence-corrected chi connectivity index (χ0v) is 7.80. The highest BCUT2D eigenvalue weighted by molar-refractivity contribution is 6.14. The molecule has 74 valence electrons. The Kier molecular flexibility index (Phi) is 2.18. The van der Waals surface area contributed by atoms with Crippen molar-refractivity contribution in [1.29, 1.82) is 5.26 Å². The molecule has 1 amide bonds. The summed E-state index contributed by atoms with van der Waals surface area (Å²) in [5.41, 5.74) is 0.428. The summed E-state index contributed by atoms with van der Waals surface area (Å²) in [5.74, 6) is 0.0771. The Morgan fingerprint density at radius 3 is 2.67 bits per heavy atom. The van der Waals surface area contributed by atoms with Crippen molar-refractivity contribution >= 4 is 17.5 Å². The predicted octanol–water partition coefficient (Wildman–Crippen LogP) is 0.259. The van der Waals surface area contributed by atoms with Gasteiger partial charge in [-0.3, -0.25) is 14.5 Å². The van der Waals surface area contributed by atoms with Gasteiger partial charge < -0.3 is 0 Å². The number of aromatic nitrogens is 1. The average Bonchev–Trinajstić information content (AvgIpc) is 2.58. The number of nitrogens with zero attached hydrogens (tertiary/aromatic N) is 3. The highest BCUT2D eigenvalue weighted by Gasteiger charge is 2.29. The predicted molar refractivity (Wildman–Crippen MR) is 50.9 cm³/mol. The minimum Gasteiger partial charge on any atom is -0.297 e. The molecule has 1 aromatic heterocycles. The van der Waals surface area contributed by atoms with Crippen molar-refractivity contribution in [3.05, 3.63) is 23.9 Å². The molecule has 5 heteroatoms. The van der Waals surface area contributed by atoms with Gasteiger partial charge in [0.1, 0.15) is 11.9 Å². The molecule has 1 saturated heterocycles. The van der Waals surface area contributed by atoms with Crippen molar-refractivity contribution in [2.45, 2.75) is 6.42 Å². The second-order valence-electron chi connectivity index (χ2n) is 3.21. The number of carbonyl (C=O) groups excluding carboxylic acids is 2. The molecule has 1 fully saturated rings. The first kappa shape index (κ1) is 9.34. The standard InChI is InChI=1S/C10H7N3O2/c11-4-7-1-2-9(12-5-7)13-6-8(14)3-10(13)15/h1-2,5H,3,6H2. The lowest BCUT2D eigenvalue weighted by Crippen LogP contribution is -2.25. The first-order valence-electron chi connectivity index (χ1n) is 4.39. The molecule has 0 aliphatic carbocycles. The molecular formula is C10H7N3O2. The fourth-order valence-corrected chi connectivity index (χ4v) is 1.41. The highest BCUT2D eigenvalue weighted by atomic mass is 16.2. The van der Waals surface area contributed by atoms with Crippen molar-refractivity contribution in [3.63, 3.8) is 0 Å². The summed E-state index contributed by atoms with van der Waals surface area (Å²) in [6.07, 6.45) is 1.33. The van der Waals surface area contributed by atoms with E-state index in [1.165, 1.54) is 11.1 Å². The van der Waals surface area contributed by atoms with Gasteiger partial charge in [-0.15, -0.1) is 0 Å². The number of anilines is 1. The van der Waals surface area contributed by atoms with Gasteiger partial charge in [0.05, 0.1) is 18.5 Å². The number of nitriles is 1. The van der Waals surface area contributed by atoms with Gasteiger partial charge in [0, 0.05) is 6.20 Å². The summed E-state index contributed by atoms with van der Waals surface area (Å²) in [6.45, 7) is 0.0811. The molecule has 0 bridgehead atoms. The molecule has 1 aromatic rings. The smallest absolute Gasteiger partial charge is 0.236 e. The van der Waals surface area contributed by atoms with Crippen molar-refractivity contribution in [1.82, 2.24) is 4.98 Å². The maximum Gasteiger partial charge on any atom is 0.236 e. The number of hydrogen-bond donors (Lipinski definition) is 0. The van der Waals surface area contributed by atoms with Crippen molar-refractivity contribution in [2.24, 2.45) is 0 Å². The molecule has 2 heterocycles. The van der Waals surface area contributed by atoms with Crippen LogP contribution in [0.15, 0.2) is 18.3 Å². The van der Waals surface area contributed by atoms with Crippen LogP contribution in [0.4, 0.5) is 5.82 Å². The van der Waals surface area contributed by atoms with Crippen LogP contribution in [0.3, 0.4) is 0 Å². The van der Waals surface area contributed by atoms with Crippen LogP contribution in [0.25, 0.3) is 0 Å². The normalized spacial score (nSPS) is 15.5. The maximum atomic E-state index is 11.3. The third-order valence-corrected chi connectivity index (χ3v) is 2.14. The summed E-state index contributed by atoms with van der Waals surface area (Å²) in [7, 11) is 0. The Morgan fingerprint density at radius 1 is 1.40 bits per heavy atom. The second-order valence-corrected chi connectivity index (χ2v) is 3.21. The number of pyridine rings is 1. The Morgan fingerprint density at radius 2 is 2.20 bits per heavy atom. The van der Waals surface area contributed by atoms with E-state index in [1.807, 2.05) is 6.07 Å². The van der Waals surface area contributed by atoms with E-state index in [0.717, 1.165) is 0 Å². The third-order valence-electron chi connectivity index (χ3n) is 2.14. The number of hydrogen-bond acceptors (Lipinski definition) is 4. The van der Waals surface area contributed by atoms with Gasteiger partial charge in [-0.1, -0.05) is 0 Å². The van der Waals surface area contributed by atoms with E-state index < -0.39 is 0 Å². The van der Waals surface area contributed by atoms with Crippen LogP contribution in [0.5, 0.6) is 0 Å². The zero-order chi connectivity index (χ0) is 10.8. The van der Waals surface area contributed by atoms with E-state index in [0.29, 0.717) is 11.4 Å². The molecule has 5 nitrogen and oxygen atoms in total. The van der Waals surface area contributed by atoms with Gasteiger partial charge in [-0.05, 0) is 12.1 Å². The van der Waals surface area contributed by atoms with Gasteiger partial charge >= 0.3 is 0 Å². The summed E-state index contributed by atoms with van der Waals surface area (Å²) in [6, 6.07) is 5.06. The minimum absolute atomic E-state index is 0.0539. The zero-order valence-electron chi connectivity index (χ0n) is 7.80.